The molecule has 16 heavy (non-hydrogen) atoms. The molecular weight excluding hydrogens is 220 g/mol. The molecule has 0 aromatic carbocycles. The number of anilines is 1. The van der Waals surface area contributed by atoms with Crippen molar-refractivity contribution in [3.63, 3.8) is 0 Å². The maximum atomic E-state index is 6.07. The maximum absolute atomic E-state index is 6.07. The lowest BCUT2D eigenvalue weighted by Crippen LogP contribution is -1.92. The zero-order valence-corrected chi connectivity index (χ0v) is 9.53. The van der Waals surface area contributed by atoms with Gasteiger partial charge in [-0.05, 0) is 19.1 Å². The Bertz CT molecular complexity index is 639. The molecule has 5 heteroatoms. The van der Waals surface area contributed by atoms with Gasteiger partial charge in [0, 0.05) is 29.0 Å². The summed E-state index contributed by atoms with van der Waals surface area (Å²) >= 11 is 1.64. The van der Waals surface area contributed by atoms with E-state index in [4.69, 9.17) is 5.73 Å². The number of aromatic nitrogens is 3. The minimum Gasteiger partial charge on any atom is -0.383 e. The predicted molar refractivity (Wildman–Crippen MR) is 65.4 cm³/mol. The van der Waals surface area contributed by atoms with Gasteiger partial charge >= 0.3 is 0 Å². The molecule has 3 aromatic rings. The van der Waals surface area contributed by atoms with Gasteiger partial charge in [-0.3, -0.25) is 9.38 Å². The van der Waals surface area contributed by atoms with Gasteiger partial charge in [-0.25, -0.2) is 4.98 Å². The molecule has 4 nitrogen and oxygen atoms in total. The topological polar surface area (TPSA) is 56.2 Å². The number of hydrogen-bond donors (Lipinski definition) is 1. The third-order valence-electron chi connectivity index (χ3n) is 2.43. The van der Waals surface area contributed by atoms with Crippen LogP contribution in [0.25, 0.3) is 16.2 Å². The molecule has 0 spiro atoms. The third-order valence-corrected chi connectivity index (χ3v) is 3.33. The molecule has 0 radical (unpaired) electrons. The minimum absolute atomic E-state index is 0.686. The average Bonchev–Trinajstić information content (AvgIpc) is 2.79. The maximum Gasteiger partial charge on any atom is 0.196 e. The Hall–Kier alpha value is -1.88. The molecule has 3 rings (SSSR count). The smallest absolute Gasteiger partial charge is 0.196 e. The van der Waals surface area contributed by atoms with E-state index in [0.29, 0.717) is 5.82 Å². The van der Waals surface area contributed by atoms with Crippen molar-refractivity contribution in [3.8, 4) is 11.3 Å². The van der Waals surface area contributed by atoms with E-state index in [-0.39, 0.29) is 0 Å². The molecule has 3 heterocycles. The molecule has 2 N–H and O–H groups in total. The monoisotopic (exact) mass is 230 g/mol. The summed E-state index contributed by atoms with van der Waals surface area (Å²) in [5.41, 5.74) is 7.90. The summed E-state index contributed by atoms with van der Waals surface area (Å²) in [6.45, 7) is 2.05. The Morgan fingerprint density at radius 2 is 2.06 bits per heavy atom. The number of imidazole rings is 1. The van der Waals surface area contributed by atoms with E-state index in [1.807, 2.05) is 29.7 Å². The lowest BCUT2D eigenvalue weighted by molar-refractivity contribution is 1.23. The Balaban J connectivity index is 2.25. The predicted octanol–water partition coefficient (Wildman–Crippen LogP) is 2.35. The van der Waals surface area contributed by atoms with E-state index in [1.54, 1.807) is 23.7 Å². The molecule has 0 aliphatic rings. The molecule has 0 unspecified atom stereocenters. The van der Waals surface area contributed by atoms with Crippen LogP contribution in [0, 0.1) is 6.92 Å². The highest BCUT2D eigenvalue weighted by molar-refractivity contribution is 7.17. The summed E-state index contributed by atoms with van der Waals surface area (Å²) in [7, 11) is 0. The SMILES string of the molecule is Cc1cn2c(N)c(-c3ccncc3)nc2s1. The minimum atomic E-state index is 0.686. The largest absolute Gasteiger partial charge is 0.383 e. The highest BCUT2D eigenvalue weighted by Crippen LogP contribution is 2.29. The van der Waals surface area contributed by atoms with E-state index < -0.39 is 0 Å². The average molecular weight is 230 g/mol. The number of nitrogen functional groups attached to an aromatic ring is 1. The Morgan fingerprint density at radius 3 is 2.75 bits per heavy atom. The summed E-state index contributed by atoms with van der Waals surface area (Å²) in [4.78, 5) is 10.7. The van der Waals surface area contributed by atoms with Crippen molar-refractivity contribution < 1.29 is 0 Å². The molecule has 3 aromatic heterocycles. The van der Waals surface area contributed by atoms with Gasteiger partial charge in [0.25, 0.3) is 0 Å². The summed E-state index contributed by atoms with van der Waals surface area (Å²) < 4.78 is 1.93. The van der Waals surface area contributed by atoms with Gasteiger partial charge in [-0.15, -0.1) is 11.3 Å². The molecule has 0 saturated heterocycles. The summed E-state index contributed by atoms with van der Waals surface area (Å²) in [5, 5.41) is 0. The van der Waals surface area contributed by atoms with Gasteiger partial charge in [-0.2, -0.15) is 0 Å². The van der Waals surface area contributed by atoms with Crippen LogP contribution in [0.1, 0.15) is 4.88 Å². The van der Waals surface area contributed by atoms with Crippen LogP contribution in [-0.4, -0.2) is 14.4 Å². The zero-order chi connectivity index (χ0) is 11.1. The van der Waals surface area contributed by atoms with Crippen LogP contribution in [0.15, 0.2) is 30.7 Å². The van der Waals surface area contributed by atoms with E-state index in [1.165, 1.54) is 4.88 Å². The van der Waals surface area contributed by atoms with Crippen LogP contribution in [0.5, 0.6) is 0 Å². The first kappa shape index (κ1) is 9.35. The molecule has 0 fully saturated rings. The van der Waals surface area contributed by atoms with E-state index >= 15 is 0 Å². The fraction of sp³-hybridized carbons (Fsp3) is 0.0909. The second-order valence-electron chi connectivity index (χ2n) is 3.58. The van der Waals surface area contributed by atoms with E-state index in [9.17, 15) is 0 Å². The van der Waals surface area contributed by atoms with Crippen molar-refractivity contribution in [1.29, 1.82) is 0 Å². The first-order valence-corrected chi connectivity index (χ1v) is 5.72. The number of fused-ring (bicyclic) bond motifs is 1. The summed E-state index contributed by atoms with van der Waals surface area (Å²) in [6, 6.07) is 3.82. The van der Waals surface area contributed by atoms with Crippen molar-refractivity contribution in [3.05, 3.63) is 35.6 Å². The normalized spacial score (nSPS) is 11.1. The number of pyridine rings is 1. The molecule has 0 amide bonds. The lowest BCUT2D eigenvalue weighted by atomic mass is 10.2. The highest BCUT2D eigenvalue weighted by atomic mass is 32.1. The fourth-order valence-corrected chi connectivity index (χ4v) is 2.53. The van der Waals surface area contributed by atoms with Crippen LogP contribution < -0.4 is 5.73 Å². The number of thiazole rings is 1. The van der Waals surface area contributed by atoms with Crippen molar-refractivity contribution >= 4 is 22.1 Å². The quantitative estimate of drug-likeness (QED) is 0.698. The van der Waals surface area contributed by atoms with Gasteiger partial charge in [-0.1, -0.05) is 0 Å². The Kier molecular flexibility index (Phi) is 1.94. The molecular formula is C11H10N4S. The van der Waals surface area contributed by atoms with Crippen molar-refractivity contribution in [2.24, 2.45) is 0 Å². The standard InChI is InChI=1S/C11H10N4S/c1-7-6-15-10(12)9(14-11(15)16-7)8-2-4-13-5-3-8/h2-6H,12H2,1H3. The second kappa shape index (κ2) is 3.31. The van der Waals surface area contributed by atoms with Crippen LogP contribution in [0.2, 0.25) is 0 Å². The first-order valence-electron chi connectivity index (χ1n) is 4.90. The summed E-state index contributed by atoms with van der Waals surface area (Å²) in [6.07, 6.45) is 5.49. The van der Waals surface area contributed by atoms with Crippen LogP contribution in [0.4, 0.5) is 5.82 Å². The van der Waals surface area contributed by atoms with Crippen molar-refractivity contribution in [2.45, 2.75) is 6.92 Å². The molecule has 0 aliphatic carbocycles. The number of aryl methyl sites for hydroxylation is 1. The fourth-order valence-electron chi connectivity index (χ4n) is 1.70. The van der Waals surface area contributed by atoms with Gasteiger partial charge in [0.05, 0.1) is 0 Å². The van der Waals surface area contributed by atoms with Gasteiger partial charge in [0.2, 0.25) is 0 Å². The van der Waals surface area contributed by atoms with E-state index in [2.05, 4.69) is 9.97 Å². The molecule has 0 saturated carbocycles. The molecule has 0 atom stereocenters. The Morgan fingerprint density at radius 1 is 1.31 bits per heavy atom. The number of rotatable bonds is 1. The van der Waals surface area contributed by atoms with Crippen molar-refractivity contribution in [1.82, 2.24) is 14.4 Å². The Labute approximate surface area is 96.4 Å². The van der Waals surface area contributed by atoms with Crippen LogP contribution in [-0.2, 0) is 0 Å². The zero-order valence-electron chi connectivity index (χ0n) is 8.71. The van der Waals surface area contributed by atoms with Crippen molar-refractivity contribution in [2.75, 3.05) is 5.73 Å². The van der Waals surface area contributed by atoms with Gasteiger partial charge < -0.3 is 5.73 Å². The lowest BCUT2D eigenvalue weighted by Gasteiger charge is -1.97. The molecule has 0 bridgehead atoms. The first-order chi connectivity index (χ1) is 7.75. The van der Waals surface area contributed by atoms with Crippen LogP contribution >= 0.6 is 11.3 Å². The van der Waals surface area contributed by atoms with Gasteiger partial charge in [0.1, 0.15) is 11.5 Å². The number of nitrogens with zero attached hydrogens (tertiary/aromatic N) is 3. The third kappa shape index (κ3) is 1.29. The molecule has 80 valence electrons. The van der Waals surface area contributed by atoms with Gasteiger partial charge in [0.15, 0.2) is 4.96 Å². The highest BCUT2D eigenvalue weighted by Gasteiger charge is 2.12. The second-order valence-corrected chi connectivity index (χ2v) is 4.79. The number of nitrogens with two attached hydrogens (primary N) is 1. The van der Waals surface area contributed by atoms with Crippen LogP contribution in [0.3, 0.4) is 0 Å². The number of hydrogen-bond acceptors (Lipinski definition) is 4. The molecule has 0 aliphatic heterocycles. The summed E-state index contributed by atoms with van der Waals surface area (Å²) in [5.74, 6) is 0.686. The van der Waals surface area contributed by atoms with E-state index in [0.717, 1.165) is 16.2 Å².